The lowest BCUT2D eigenvalue weighted by Crippen LogP contribution is -2.32. The third kappa shape index (κ3) is 3.29. The minimum absolute atomic E-state index is 0.172. The predicted octanol–water partition coefficient (Wildman–Crippen LogP) is 4.09. The summed E-state index contributed by atoms with van der Waals surface area (Å²) in [5.41, 5.74) is 2.75. The molecule has 2 heterocycles. The molecule has 0 aliphatic carbocycles. The maximum atomic E-state index is 12.8. The Hall–Kier alpha value is -2.47. The molecule has 1 aromatic carbocycles. The van der Waals surface area contributed by atoms with Gasteiger partial charge in [-0.3, -0.25) is 14.2 Å². The molecule has 0 radical (unpaired) electrons. The van der Waals surface area contributed by atoms with E-state index >= 15 is 0 Å². The molecule has 0 saturated carbocycles. The maximum Gasteiger partial charge on any atom is 0.262 e. The van der Waals surface area contributed by atoms with E-state index in [4.69, 9.17) is 0 Å². The van der Waals surface area contributed by atoms with Gasteiger partial charge in [0.1, 0.15) is 10.9 Å². The number of amides is 1. The van der Waals surface area contributed by atoms with Crippen molar-refractivity contribution in [1.82, 2.24) is 9.55 Å². The van der Waals surface area contributed by atoms with Crippen molar-refractivity contribution in [2.24, 2.45) is 0 Å². The van der Waals surface area contributed by atoms with Crippen LogP contribution in [0.15, 0.2) is 35.4 Å². The summed E-state index contributed by atoms with van der Waals surface area (Å²) < 4.78 is 1.41. The van der Waals surface area contributed by atoms with Gasteiger partial charge in [0.15, 0.2) is 0 Å². The molecule has 0 spiro atoms. The average molecular weight is 369 g/mol. The summed E-state index contributed by atoms with van der Waals surface area (Å²) in [6.45, 7) is 7.79. The summed E-state index contributed by atoms with van der Waals surface area (Å²) in [4.78, 5) is 31.8. The second kappa shape index (κ2) is 7.41. The molecular weight excluding hydrogens is 346 g/mol. The number of carbonyl (C=O) groups excluding carboxylic acids is 1. The van der Waals surface area contributed by atoms with E-state index in [1.807, 2.05) is 38.1 Å². The normalized spacial score (nSPS) is 12.3. The highest BCUT2D eigenvalue weighted by Gasteiger charge is 2.20. The number of hydrogen-bond donors (Lipinski definition) is 1. The minimum Gasteiger partial charge on any atom is -0.324 e. The van der Waals surface area contributed by atoms with Crippen LogP contribution in [0.3, 0.4) is 0 Å². The fourth-order valence-corrected chi connectivity index (χ4v) is 3.92. The molecule has 1 amide bonds. The van der Waals surface area contributed by atoms with Crippen LogP contribution >= 0.6 is 11.3 Å². The first-order valence-corrected chi connectivity index (χ1v) is 9.66. The zero-order valence-electron chi connectivity index (χ0n) is 15.5. The van der Waals surface area contributed by atoms with Gasteiger partial charge in [-0.2, -0.15) is 0 Å². The molecule has 0 fully saturated rings. The van der Waals surface area contributed by atoms with Crippen LogP contribution in [0, 0.1) is 6.92 Å². The number of aromatic nitrogens is 2. The zero-order valence-corrected chi connectivity index (χ0v) is 16.3. The van der Waals surface area contributed by atoms with E-state index in [1.54, 1.807) is 6.92 Å². The van der Waals surface area contributed by atoms with Crippen molar-refractivity contribution in [2.45, 2.75) is 46.6 Å². The van der Waals surface area contributed by atoms with E-state index < -0.39 is 6.04 Å². The van der Waals surface area contributed by atoms with Crippen LogP contribution in [-0.4, -0.2) is 15.5 Å². The van der Waals surface area contributed by atoms with Gasteiger partial charge in [0, 0.05) is 10.6 Å². The van der Waals surface area contributed by atoms with Crippen molar-refractivity contribution in [3.05, 3.63) is 57.0 Å². The number of aryl methyl sites for hydroxylation is 3. The number of nitrogens with one attached hydrogen (secondary N) is 1. The van der Waals surface area contributed by atoms with E-state index in [0.29, 0.717) is 5.39 Å². The molecular formula is C20H23N3O2S. The Balaban J connectivity index is 1.93. The number of thiophene rings is 1. The Morgan fingerprint density at radius 2 is 2.08 bits per heavy atom. The summed E-state index contributed by atoms with van der Waals surface area (Å²) in [6.07, 6.45) is 3.17. The summed E-state index contributed by atoms with van der Waals surface area (Å²) in [7, 11) is 0. The lowest BCUT2D eigenvalue weighted by molar-refractivity contribution is -0.118. The summed E-state index contributed by atoms with van der Waals surface area (Å²) >= 11 is 1.52. The predicted molar refractivity (Wildman–Crippen MR) is 107 cm³/mol. The van der Waals surface area contributed by atoms with Gasteiger partial charge in [0.2, 0.25) is 5.91 Å². The molecule has 6 heteroatoms. The van der Waals surface area contributed by atoms with Gasteiger partial charge in [-0.15, -0.1) is 11.3 Å². The molecule has 1 N–H and O–H groups in total. The second-order valence-electron chi connectivity index (χ2n) is 6.37. The Kier molecular flexibility index (Phi) is 5.23. The molecule has 3 rings (SSSR count). The SMILES string of the molecule is CCc1cc2c(=O)n([C@H](C)C(=O)Nc3c(C)cccc3CC)cnc2s1. The van der Waals surface area contributed by atoms with Gasteiger partial charge in [-0.25, -0.2) is 4.98 Å². The van der Waals surface area contributed by atoms with Crippen molar-refractivity contribution in [3.8, 4) is 0 Å². The van der Waals surface area contributed by atoms with Gasteiger partial charge >= 0.3 is 0 Å². The van der Waals surface area contributed by atoms with E-state index in [9.17, 15) is 9.59 Å². The van der Waals surface area contributed by atoms with Gasteiger partial charge in [0.25, 0.3) is 5.56 Å². The lowest BCUT2D eigenvalue weighted by Gasteiger charge is -2.18. The quantitative estimate of drug-likeness (QED) is 0.737. The number of rotatable bonds is 5. The number of hydrogen-bond acceptors (Lipinski definition) is 4. The fourth-order valence-electron chi connectivity index (χ4n) is 2.99. The van der Waals surface area contributed by atoms with E-state index in [1.165, 1.54) is 22.2 Å². The van der Waals surface area contributed by atoms with E-state index in [0.717, 1.165) is 39.4 Å². The largest absolute Gasteiger partial charge is 0.324 e. The number of fused-ring (bicyclic) bond motifs is 1. The summed E-state index contributed by atoms with van der Waals surface area (Å²) in [6, 6.07) is 7.19. The Bertz CT molecular complexity index is 1020. The molecule has 5 nitrogen and oxygen atoms in total. The first kappa shape index (κ1) is 18.3. The molecule has 3 aromatic rings. The Morgan fingerprint density at radius 1 is 1.31 bits per heavy atom. The van der Waals surface area contributed by atoms with Crippen molar-refractivity contribution in [3.63, 3.8) is 0 Å². The van der Waals surface area contributed by atoms with Crippen molar-refractivity contribution in [1.29, 1.82) is 0 Å². The fraction of sp³-hybridized carbons (Fsp3) is 0.350. The lowest BCUT2D eigenvalue weighted by atomic mass is 10.1. The molecule has 0 saturated heterocycles. The van der Waals surface area contributed by atoms with Crippen LogP contribution in [-0.2, 0) is 17.6 Å². The first-order chi connectivity index (χ1) is 12.5. The van der Waals surface area contributed by atoms with Crippen molar-refractivity contribution in [2.75, 3.05) is 5.32 Å². The summed E-state index contributed by atoms with van der Waals surface area (Å²) in [5, 5.41) is 3.58. The average Bonchev–Trinajstić information content (AvgIpc) is 3.07. The smallest absolute Gasteiger partial charge is 0.262 e. The van der Waals surface area contributed by atoms with Gasteiger partial charge in [-0.05, 0) is 43.9 Å². The molecule has 0 aliphatic rings. The molecule has 0 bridgehead atoms. The topological polar surface area (TPSA) is 64.0 Å². The van der Waals surface area contributed by atoms with E-state index in [-0.39, 0.29) is 11.5 Å². The molecule has 1 atom stereocenters. The van der Waals surface area contributed by atoms with E-state index in [2.05, 4.69) is 17.2 Å². The molecule has 0 aliphatic heterocycles. The van der Waals surface area contributed by atoms with Crippen LogP contribution < -0.4 is 10.9 Å². The third-order valence-electron chi connectivity index (χ3n) is 4.66. The number of benzene rings is 1. The number of nitrogens with zero attached hydrogens (tertiary/aromatic N) is 2. The van der Waals surface area contributed by atoms with Gasteiger partial charge in [0.05, 0.1) is 11.7 Å². The molecule has 0 unspecified atom stereocenters. The Morgan fingerprint density at radius 3 is 2.77 bits per heavy atom. The number of para-hydroxylation sites is 1. The highest BCUT2D eigenvalue weighted by Crippen LogP contribution is 2.24. The molecule has 2 aromatic heterocycles. The number of anilines is 1. The minimum atomic E-state index is -0.645. The van der Waals surface area contributed by atoms with Gasteiger partial charge < -0.3 is 5.32 Å². The van der Waals surface area contributed by atoms with Crippen molar-refractivity contribution < 1.29 is 4.79 Å². The second-order valence-corrected chi connectivity index (χ2v) is 7.49. The monoisotopic (exact) mass is 369 g/mol. The first-order valence-electron chi connectivity index (χ1n) is 8.85. The standard InChI is InChI=1S/C20H23N3O2S/c1-5-14-9-7-8-12(3)17(14)22-18(24)13(4)23-11-21-19-16(20(23)25)10-15(6-2)26-19/h7-11,13H,5-6H2,1-4H3,(H,22,24)/t13-/m1/s1. The van der Waals surface area contributed by atoms with Crippen LogP contribution in [0.4, 0.5) is 5.69 Å². The number of carbonyl (C=O) groups is 1. The molecule has 26 heavy (non-hydrogen) atoms. The van der Waals surface area contributed by atoms with Crippen molar-refractivity contribution >= 4 is 33.1 Å². The maximum absolute atomic E-state index is 12.8. The highest BCUT2D eigenvalue weighted by molar-refractivity contribution is 7.18. The molecule has 136 valence electrons. The highest BCUT2D eigenvalue weighted by atomic mass is 32.1. The van der Waals surface area contributed by atoms with Crippen LogP contribution in [0.5, 0.6) is 0 Å². The Labute approximate surface area is 156 Å². The third-order valence-corrected chi connectivity index (χ3v) is 5.85. The van der Waals surface area contributed by atoms with Crippen LogP contribution in [0.1, 0.15) is 42.8 Å². The summed E-state index contributed by atoms with van der Waals surface area (Å²) in [5.74, 6) is -0.219. The van der Waals surface area contributed by atoms with Crippen LogP contribution in [0.2, 0.25) is 0 Å². The zero-order chi connectivity index (χ0) is 18.8. The van der Waals surface area contributed by atoms with Crippen LogP contribution in [0.25, 0.3) is 10.2 Å². The van der Waals surface area contributed by atoms with Gasteiger partial charge in [-0.1, -0.05) is 32.0 Å².